The molecule has 1 aromatic rings. The van der Waals surface area contributed by atoms with Gasteiger partial charge < -0.3 is 15.2 Å². The van der Waals surface area contributed by atoms with Crippen molar-refractivity contribution in [3.05, 3.63) is 11.9 Å². The van der Waals surface area contributed by atoms with Gasteiger partial charge in [0.15, 0.2) is 0 Å². The maximum atomic E-state index is 8.73. The van der Waals surface area contributed by atoms with Crippen LogP contribution in [-0.2, 0) is 6.42 Å². The summed E-state index contributed by atoms with van der Waals surface area (Å²) in [7, 11) is 0. The first-order valence-corrected chi connectivity index (χ1v) is 6.15. The number of nitrogens with zero attached hydrogens (tertiary/aromatic N) is 2. The Morgan fingerprint density at radius 2 is 2.12 bits per heavy atom. The Morgan fingerprint density at radius 1 is 1.29 bits per heavy atom. The molecule has 0 atom stereocenters. The van der Waals surface area contributed by atoms with Gasteiger partial charge in [-0.1, -0.05) is 13.8 Å². The highest BCUT2D eigenvalue weighted by atomic mass is 16.5. The second-order valence-corrected chi connectivity index (χ2v) is 3.76. The van der Waals surface area contributed by atoms with Gasteiger partial charge in [-0.3, -0.25) is 0 Å². The summed E-state index contributed by atoms with van der Waals surface area (Å²) in [6, 6.07) is 1.77. The van der Waals surface area contributed by atoms with E-state index in [-0.39, 0.29) is 13.2 Å². The molecule has 0 saturated carbocycles. The molecule has 2 N–H and O–H groups in total. The summed E-state index contributed by atoms with van der Waals surface area (Å²) in [5, 5.41) is 11.9. The number of rotatable bonds is 8. The molecule has 0 aliphatic heterocycles. The van der Waals surface area contributed by atoms with Gasteiger partial charge in [-0.25, -0.2) is 4.98 Å². The third-order valence-electron chi connectivity index (χ3n) is 2.12. The number of anilines is 1. The molecule has 1 aromatic heterocycles. The first-order chi connectivity index (χ1) is 8.30. The third-order valence-corrected chi connectivity index (χ3v) is 2.12. The largest absolute Gasteiger partial charge is 0.475 e. The molecule has 0 aliphatic rings. The van der Waals surface area contributed by atoms with Crippen molar-refractivity contribution in [3.8, 4) is 5.88 Å². The van der Waals surface area contributed by atoms with Gasteiger partial charge in [0.05, 0.1) is 6.61 Å². The Bertz CT molecular complexity index is 305. The standard InChI is InChI=1S/C12H21N3O2/c1-3-5-10-14-11(13-6-4-2)9-12(15-10)17-8-7-16/h9,16H,3-8H2,1-2H3,(H,13,14,15). The number of hydrogen-bond acceptors (Lipinski definition) is 5. The molecule has 0 saturated heterocycles. The van der Waals surface area contributed by atoms with Crippen LogP contribution in [0.15, 0.2) is 6.07 Å². The fourth-order valence-corrected chi connectivity index (χ4v) is 1.38. The highest BCUT2D eigenvalue weighted by Gasteiger charge is 2.04. The zero-order valence-electron chi connectivity index (χ0n) is 10.6. The van der Waals surface area contributed by atoms with Crippen LogP contribution in [0.25, 0.3) is 0 Å². The minimum Gasteiger partial charge on any atom is -0.475 e. The SMILES string of the molecule is CCCNc1cc(OCCO)nc(CCC)n1. The average molecular weight is 239 g/mol. The molecule has 0 radical (unpaired) electrons. The van der Waals surface area contributed by atoms with Gasteiger partial charge >= 0.3 is 0 Å². The van der Waals surface area contributed by atoms with Crippen LogP contribution < -0.4 is 10.1 Å². The second kappa shape index (κ2) is 7.84. The van der Waals surface area contributed by atoms with Crippen LogP contribution >= 0.6 is 0 Å². The molecular weight excluding hydrogens is 218 g/mol. The van der Waals surface area contributed by atoms with Crippen LogP contribution in [0.1, 0.15) is 32.5 Å². The normalized spacial score (nSPS) is 10.3. The Kier molecular flexibility index (Phi) is 6.32. The lowest BCUT2D eigenvalue weighted by molar-refractivity contribution is 0.196. The molecule has 0 spiro atoms. The number of hydrogen-bond donors (Lipinski definition) is 2. The van der Waals surface area contributed by atoms with Crippen molar-refractivity contribution in [2.45, 2.75) is 33.1 Å². The van der Waals surface area contributed by atoms with Gasteiger partial charge in [0.2, 0.25) is 5.88 Å². The molecule has 1 heterocycles. The number of aromatic nitrogens is 2. The number of aliphatic hydroxyl groups excluding tert-OH is 1. The third kappa shape index (κ3) is 4.99. The molecule has 0 bridgehead atoms. The van der Waals surface area contributed by atoms with Crippen LogP contribution in [0.3, 0.4) is 0 Å². The van der Waals surface area contributed by atoms with Crippen molar-refractivity contribution < 1.29 is 9.84 Å². The fourth-order valence-electron chi connectivity index (χ4n) is 1.38. The van der Waals surface area contributed by atoms with E-state index in [1.165, 1.54) is 0 Å². The van der Waals surface area contributed by atoms with Gasteiger partial charge in [0, 0.05) is 19.0 Å². The van der Waals surface area contributed by atoms with Gasteiger partial charge in [-0.05, 0) is 12.8 Å². The lowest BCUT2D eigenvalue weighted by Crippen LogP contribution is -2.09. The van der Waals surface area contributed by atoms with Gasteiger partial charge in [-0.15, -0.1) is 0 Å². The smallest absolute Gasteiger partial charge is 0.218 e. The van der Waals surface area contributed by atoms with E-state index in [2.05, 4.69) is 29.1 Å². The number of ether oxygens (including phenoxy) is 1. The van der Waals surface area contributed by atoms with E-state index in [1.807, 2.05) is 0 Å². The lowest BCUT2D eigenvalue weighted by Gasteiger charge is -2.09. The number of aryl methyl sites for hydroxylation is 1. The maximum absolute atomic E-state index is 8.73. The maximum Gasteiger partial charge on any atom is 0.218 e. The lowest BCUT2D eigenvalue weighted by atomic mass is 10.3. The molecule has 1 rings (SSSR count). The number of nitrogens with one attached hydrogen (secondary N) is 1. The summed E-state index contributed by atoms with van der Waals surface area (Å²) >= 11 is 0. The highest BCUT2D eigenvalue weighted by molar-refractivity contribution is 5.38. The van der Waals surface area contributed by atoms with Gasteiger partial charge in [-0.2, -0.15) is 4.98 Å². The number of aliphatic hydroxyl groups is 1. The Balaban J connectivity index is 2.76. The monoisotopic (exact) mass is 239 g/mol. The van der Waals surface area contributed by atoms with Gasteiger partial charge in [0.1, 0.15) is 18.2 Å². The average Bonchev–Trinajstić information content (AvgIpc) is 2.34. The predicted octanol–water partition coefficient (Wildman–Crippen LogP) is 1.62. The zero-order valence-corrected chi connectivity index (χ0v) is 10.6. The first-order valence-electron chi connectivity index (χ1n) is 6.15. The quantitative estimate of drug-likeness (QED) is 0.721. The molecule has 5 nitrogen and oxygen atoms in total. The summed E-state index contributed by atoms with van der Waals surface area (Å²) in [5.74, 6) is 2.09. The van der Waals surface area contributed by atoms with Crippen molar-refractivity contribution in [1.29, 1.82) is 0 Å². The Morgan fingerprint density at radius 3 is 2.76 bits per heavy atom. The molecule has 0 fully saturated rings. The minimum atomic E-state index is -0.00909. The van der Waals surface area contributed by atoms with E-state index in [1.54, 1.807) is 6.07 Å². The minimum absolute atomic E-state index is 0.00909. The Hall–Kier alpha value is -1.36. The van der Waals surface area contributed by atoms with Crippen LogP contribution in [0.2, 0.25) is 0 Å². The fraction of sp³-hybridized carbons (Fsp3) is 0.667. The van der Waals surface area contributed by atoms with E-state index in [4.69, 9.17) is 9.84 Å². The van der Waals surface area contributed by atoms with Crippen LogP contribution in [0.4, 0.5) is 5.82 Å². The molecule has 0 aromatic carbocycles. The highest BCUT2D eigenvalue weighted by Crippen LogP contribution is 2.14. The summed E-state index contributed by atoms with van der Waals surface area (Å²) in [6.45, 7) is 5.32. The summed E-state index contributed by atoms with van der Waals surface area (Å²) in [6.07, 6.45) is 2.87. The van der Waals surface area contributed by atoms with Crippen molar-refractivity contribution >= 4 is 5.82 Å². The van der Waals surface area contributed by atoms with E-state index in [0.717, 1.165) is 37.4 Å². The van der Waals surface area contributed by atoms with Crippen molar-refractivity contribution in [3.63, 3.8) is 0 Å². The van der Waals surface area contributed by atoms with Crippen molar-refractivity contribution in [1.82, 2.24) is 9.97 Å². The van der Waals surface area contributed by atoms with Crippen LogP contribution in [-0.4, -0.2) is 34.8 Å². The van der Waals surface area contributed by atoms with E-state index in [9.17, 15) is 0 Å². The second-order valence-electron chi connectivity index (χ2n) is 3.76. The molecular formula is C12H21N3O2. The summed E-state index contributed by atoms with van der Waals surface area (Å²) in [5.41, 5.74) is 0. The Labute approximate surface area is 102 Å². The molecule has 96 valence electrons. The summed E-state index contributed by atoms with van der Waals surface area (Å²) < 4.78 is 5.32. The first kappa shape index (κ1) is 13.7. The van der Waals surface area contributed by atoms with E-state index < -0.39 is 0 Å². The molecule has 0 unspecified atom stereocenters. The predicted molar refractivity (Wildman–Crippen MR) is 67.4 cm³/mol. The molecule has 0 amide bonds. The van der Waals surface area contributed by atoms with E-state index >= 15 is 0 Å². The topological polar surface area (TPSA) is 67.3 Å². The molecule has 5 heteroatoms. The van der Waals surface area contributed by atoms with Crippen LogP contribution in [0, 0.1) is 0 Å². The zero-order chi connectivity index (χ0) is 12.5. The van der Waals surface area contributed by atoms with Crippen molar-refractivity contribution in [2.24, 2.45) is 0 Å². The van der Waals surface area contributed by atoms with Gasteiger partial charge in [0.25, 0.3) is 0 Å². The summed E-state index contributed by atoms with van der Waals surface area (Å²) in [4.78, 5) is 8.69. The van der Waals surface area contributed by atoms with E-state index in [0.29, 0.717) is 5.88 Å². The van der Waals surface area contributed by atoms with Crippen LogP contribution in [0.5, 0.6) is 5.88 Å². The molecule has 17 heavy (non-hydrogen) atoms. The van der Waals surface area contributed by atoms with Crippen molar-refractivity contribution in [2.75, 3.05) is 25.1 Å². The molecule has 0 aliphatic carbocycles.